The Bertz CT molecular complexity index is 978. The molecule has 0 N–H and O–H groups in total. The first-order chi connectivity index (χ1) is 11.2. The molecule has 0 amide bonds. The number of halogens is 1. The van der Waals surface area contributed by atoms with E-state index in [1.807, 2.05) is 24.3 Å². The van der Waals surface area contributed by atoms with E-state index < -0.39 is 0 Å². The van der Waals surface area contributed by atoms with Crippen molar-refractivity contribution < 1.29 is 8.94 Å². The van der Waals surface area contributed by atoms with Crippen molar-refractivity contribution in [3.05, 3.63) is 41.0 Å². The fraction of sp³-hybridized carbons (Fsp3) is 0.143. The Kier molecular flexibility index (Phi) is 3.80. The van der Waals surface area contributed by atoms with Crippen LogP contribution in [0.1, 0.15) is 11.7 Å². The number of aryl methyl sites for hydroxylation is 1. The number of benzene rings is 1. The maximum atomic E-state index is 6.42. The predicted molar refractivity (Wildman–Crippen MR) is 88.7 cm³/mol. The van der Waals surface area contributed by atoms with Crippen LogP contribution >= 0.6 is 34.7 Å². The van der Waals surface area contributed by atoms with E-state index in [2.05, 4.69) is 20.3 Å². The van der Waals surface area contributed by atoms with E-state index in [4.69, 9.17) is 20.5 Å². The summed E-state index contributed by atoms with van der Waals surface area (Å²) in [6, 6.07) is 7.91. The van der Waals surface area contributed by atoms with Crippen LogP contribution in [0.15, 0.2) is 38.4 Å². The molecule has 4 rings (SSSR count). The molecule has 0 radical (unpaired) electrons. The van der Waals surface area contributed by atoms with Gasteiger partial charge >= 0.3 is 0 Å². The van der Waals surface area contributed by atoms with Crippen molar-refractivity contribution in [2.75, 3.05) is 0 Å². The zero-order valence-electron chi connectivity index (χ0n) is 11.8. The Balaban J connectivity index is 1.58. The highest BCUT2D eigenvalue weighted by atomic mass is 35.5. The SMILES string of the molecule is Cc1noc(CSc2nnc(-c3sc4ccccc4c3Cl)o2)n1. The number of aromatic nitrogens is 4. The first-order valence-corrected chi connectivity index (χ1v) is 8.81. The lowest BCUT2D eigenvalue weighted by molar-refractivity contribution is 0.386. The normalized spacial score (nSPS) is 11.4. The zero-order valence-corrected chi connectivity index (χ0v) is 14.2. The standard InChI is InChI=1S/C14H9ClN4O2S2/c1-7-16-10(21-19-7)6-22-14-18-17-13(20-14)12-11(15)8-4-2-3-5-9(8)23-12/h2-5H,6H2,1H3. The van der Waals surface area contributed by atoms with E-state index in [0.717, 1.165) is 15.0 Å². The third-order valence-corrected chi connectivity index (χ3v) is 5.49. The van der Waals surface area contributed by atoms with Gasteiger partial charge in [-0.25, -0.2) is 0 Å². The second-order valence-electron chi connectivity index (χ2n) is 4.64. The molecule has 9 heteroatoms. The van der Waals surface area contributed by atoms with E-state index in [0.29, 0.717) is 33.6 Å². The van der Waals surface area contributed by atoms with Crippen molar-refractivity contribution in [1.82, 2.24) is 20.3 Å². The first-order valence-electron chi connectivity index (χ1n) is 6.63. The van der Waals surface area contributed by atoms with E-state index in [1.54, 1.807) is 6.92 Å². The summed E-state index contributed by atoms with van der Waals surface area (Å²) >= 11 is 9.29. The van der Waals surface area contributed by atoms with Crippen LogP contribution in [0, 0.1) is 6.92 Å². The second kappa shape index (κ2) is 5.95. The lowest BCUT2D eigenvalue weighted by atomic mass is 10.2. The van der Waals surface area contributed by atoms with E-state index in [1.165, 1.54) is 23.1 Å². The van der Waals surface area contributed by atoms with Gasteiger partial charge in [-0.3, -0.25) is 0 Å². The van der Waals surface area contributed by atoms with Crippen LogP contribution < -0.4 is 0 Å². The molecule has 6 nitrogen and oxygen atoms in total. The largest absolute Gasteiger partial charge is 0.410 e. The lowest BCUT2D eigenvalue weighted by Gasteiger charge is -1.91. The molecule has 0 spiro atoms. The van der Waals surface area contributed by atoms with Gasteiger partial charge in [-0.1, -0.05) is 46.7 Å². The fourth-order valence-corrected chi connectivity index (χ4v) is 4.07. The number of thioether (sulfide) groups is 1. The highest BCUT2D eigenvalue weighted by Crippen LogP contribution is 2.41. The maximum absolute atomic E-state index is 6.42. The molecule has 0 atom stereocenters. The Labute approximate surface area is 143 Å². The molecule has 0 fully saturated rings. The maximum Gasteiger partial charge on any atom is 0.277 e. The van der Waals surface area contributed by atoms with Crippen LogP contribution in [-0.4, -0.2) is 20.3 Å². The smallest absolute Gasteiger partial charge is 0.277 e. The van der Waals surface area contributed by atoms with Crippen molar-refractivity contribution in [3.8, 4) is 10.8 Å². The Morgan fingerprint density at radius 2 is 2.13 bits per heavy atom. The van der Waals surface area contributed by atoms with Gasteiger partial charge in [-0.15, -0.1) is 21.5 Å². The molecule has 0 aliphatic heterocycles. The van der Waals surface area contributed by atoms with E-state index in [-0.39, 0.29) is 0 Å². The molecule has 0 saturated carbocycles. The number of rotatable bonds is 4. The van der Waals surface area contributed by atoms with Gasteiger partial charge in [-0.2, -0.15) is 4.98 Å². The van der Waals surface area contributed by atoms with Crippen LogP contribution in [0.5, 0.6) is 0 Å². The third kappa shape index (κ3) is 2.85. The summed E-state index contributed by atoms with van der Waals surface area (Å²) in [6.07, 6.45) is 0. The summed E-state index contributed by atoms with van der Waals surface area (Å²) in [4.78, 5) is 4.90. The summed E-state index contributed by atoms with van der Waals surface area (Å²) in [5.41, 5.74) is 0. The minimum absolute atomic E-state index is 0.417. The quantitative estimate of drug-likeness (QED) is 0.490. The first kappa shape index (κ1) is 14.7. The van der Waals surface area contributed by atoms with Gasteiger partial charge in [0, 0.05) is 10.1 Å². The molecule has 0 aliphatic carbocycles. The number of hydrogen-bond donors (Lipinski definition) is 0. The van der Waals surface area contributed by atoms with Crippen LogP contribution in [0.3, 0.4) is 0 Å². The molecule has 1 aromatic carbocycles. The summed E-state index contributed by atoms with van der Waals surface area (Å²) in [6.45, 7) is 1.77. The van der Waals surface area contributed by atoms with Crippen molar-refractivity contribution in [2.45, 2.75) is 17.9 Å². The second-order valence-corrected chi connectivity index (χ2v) is 7.00. The Morgan fingerprint density at radius 3 is 2.91 bits per heavy atom. The fourth-order valence-electron chi connectivity index (χ4n) is 2.03. The minimum atomic E-state index is 0.417. The van der Waals surface area contributed by atoms with E-state index >= 15 is 0 Å². The number of thiophene rings is 1. The van der Waals surface area contributed by atoms with Crippen LogP contribution in [0.2, 0.25) is 5.02 Å². The topological polar surface area (TPSA) is 77.8 Å². The molecular weight excluding hydrogens is 356 g/mol. The Morgan fingerprint density at radius 1 is 1.26 bits per heavy atom. The average Bonchev–Trinajstić information content (AvgIpc) is 3.25. The van der Waals surface area contributed by atoms with Gasteiger partial charge in [0.1, 0.15) is 4.88 Å². The number of hydrogen-bond acceptors (Lipinski definition) is 8. The molecule has 4 aromatic rings. The summed E-state index contributed by atoms with van der Waals surface area (Å²) < 4.78 is 11.8. The van der Waals surface area contributed by atoms with Crippen LogP contribution in [0.25, 0.3) is 20.9 Å². The highest BCUT2D eigenvalue weighted by Gasteiger charge is 2.18. The van der Waals surface area contributed by atoms with Crippen molar-refractivity contribution >= 4 is 44.8 Å². The molecule has 3 aromatic heterocycles. The van der Waals surface area contributed by atoms with Crippen molar-refractivity contribution in [2.24, 2.45) is 0 Å². The van der Waals surface area contributed by atoms with Gasteiger partial charge in [0.05, 0.1) is 10.8 Å². The summed E-state index contributed by atoms with van der Waals surface area (Å²) in [7, 11) is 0. The minimum Gasteiger partial charge on any atom is -0.410 e. The monoisotopic (exact) mass is 364 g/mol. The van der Waals surface area contributed by atoms with Crippen molar-refractivity contribution in [3.63, 3.8) is 0 Å². The van der Waals surface area contributed by atoms with Gasteiger partial charge in [-0.05, 0) is 13.0 Å². The molecule has 0 unspecified atom stereocenters. The number of nitrogens with zero attached hydrogens (tertiary/aromatic N) is 4. The Hall–Kier alpha value is -1.90. The third-order valence-electron chi connectivity index (χ3n) is 3.02. The van der Waals surface area contributed by atoms with Crippen LogP contribution in [0.4, 0.5) is 0 Å². The van der Waals surface area contributed by atoms with Crippen molar-refractivity contribution in [1.29, 1.82) is 0 Å². The lowest BCUT2D eigenvalue weighted by Crippen LogP contribution is -1.80. The molecule has 3 heterocycles. The predicted octanol–water partition coefficient (Wildman–Crippen LogP) is 4.59. The molecular formula is C14H9ClN4O2S2. The number of fused-ring (bicyclic) bond motifs is 1. The molecule has 116 valence electrons. The van der Waals surface area contributed by atoms with Crippen LogP contribution in [-0.2, 0) is 5.75 Å². The molecule has 0 aliphatic rings. The van der Waals surface area contributed by atoms with Gasteiger partial charge in [0.25, 0.3) is 11.1 Å². The summed E-state index contributed by atoms with van der Waals surface area (Å²) in [5, 5.41) is 13.9. The summed E-state index contributed by atoms with van der Waals surface area (Å²) in [5.74, 6) is 2.01. The molecule has 0 bridgehead atoms. The highest BCUT2D eigenvalue weighted by molar-refractivity contribution is 7.98. The molecule has 23 heavy (non-hydrogen) atoms. The zero-order chi connectivity index (χ0) is 15.8. The average molecular weight is 365 g/mol. The van der Waals surface area contributed by atoms with Gasteiger partial charge in [0.15, 0.2) is 5.82 Å². The molecule has 0 saturated heterocycles. The van der Waals surface area contributed by atoms with E-state index in [9.17, 15) is 0 Å². The van der Waals surface area contributed by atoms with Gasteiger partial charge < -0.3 is 8.94 Å². The van der Waals surface area contributed by atoms with Gasteiger partial charge in [0.2, 0.25) is 5.89 Å².